The summed E-state index contributed by atoms with van der Waals surface area (Å²) in [5.41, 5.74) is 32.8. The van der Waals surface area contributed by atoms with Crippen LogP contribution in [0.15, 0.2) is 4.99 Å². The third-order valence-electron chi connectivity index (χ3n) is 9.66. The van der Waals surface area contributed by atoms with Crippen LogP contribution in [0.2, 0.25) is 0 Å². The number of ether oxygens (including phenoxy) is 4. The molecule has 4 unspecified atom stereocenters. The molecule has 0 spiro atoms. The van der Waals surface area contributed by atoms with E-state index in [1.165, 1.54) is 0 Å². The number of aliphatic imine (C=N–C) groups is 1. The number of nitrogens with two attached hydrogens (primary N) is 6. The zero-order valence-corrected chi connectivity index (χ0v) is 27.5. The molecule has 0 aromatic heterocycles. The van der Waals surface area contributed by atoms with Gasteiger partial charge in [0.25, 0.3) is 5.91 Å². The Morgan fingerprint density at radius 2 is 1.58 bits per heavy atom. The van der Waals surface area contributed by atoms with Gasteiger partial charge in [0, 0.05) is 25.6 Å². The number of aliphatic hydroxyl groups is 8. The molecule has 0 aromatic rings. The van der Waals surface area contributed by atoms with Gasteiger partial charge in [-0.3, -0.25) is 4.79 Å². The van der Waals surface area contributed by atoms with Gasteiger partial charge in [0.2, 0.25) is 0 Å². The normalized spacial score (nSPS) is 45.4. The Labute approximate surface area is 288 Å². The van der Waals surface area contributed by atoms with Crippen molar-refractivity contribution in [1.82, 2.24) is 10.6 Å². The van der Waals surface area contributed by atoms with Crippen LogP contribution < -0.4 is 45.0 Å². The first-order chi connectivity index (χ1) is 23.5. The Balaban J connectivity index is 1.52. The van der Waals surface area contributed by atoms with Crippen LogP contribution in [0.5, 0.6) is 0 Å². The summed E-state index contributed by atoms with van der Waals surface area (Å²) in [7, 11) is 0. The van der Waals surface area contributed by atoms with Gasteiger partial charge >= 0.3 is 0 Å². The largest absolute Gasteiger partial charge is 0.394 e. The van der Waals surface area contributed by atoms with Crippen LogP contribution in [0.25, 0.3) is 0 Å². The number of nitrogens with one attached hydrogen (secondary N) is 2. The number of nitrogens with zero attached hydrogens (tertiary/aromatic N) is 1. The molecule has 290 valence electrons. The molecule has 22 nitrogen and oxygen atoms in total. The van der Waals surface area contributed by atoms with Crippen LogP contribution in [0.1, 0.15) is 25.7 Å². The summed E-state index contributed by atoms with van der Waals surface area (Å²) in [6.07, 6.45) is -16.1. The van der Waals surface area contributed by atoms with Gasteiger partial charge in [0.1, 0.15) is 54.9 Å². The predicted octanol–water partition coefficient (Wildman–Crippen LogP) is -9.66. The van der Waals surface area contributed by atoms with E-state index in [1.54, 1.807) is 0 Å². The summed E-state index contributed by atoms with van der Waals surface area (Å²) < 4.78 is 23.4. The highest BCUT2D eigenvalue weighted by molar-refractivity contribution is 5.90. The Hall–Kier alpha value is -1.94. The quantitative estimate of drug-likeness (QED) is 0.0550. The number of rotatable bonds is 15. The second kappa shape index (κ2) is 17.3. The SMILES string of the molecule is NCCCC(O)CNC[C@H]1O[C@H](OC2[C@@H](N)C[C@@H](NC(=O)C3(O)CC3N=C(N)N)[C@H](O[C@H]3O[C@H](CO)[C@@H](O)[C@H](N)[C@H]3O)[C@H]2O)[C@H](N)[C@@H](O)[C@@H]1O. The smallest absolute Gasteiger partial charge is 0.254 e. The van der Waals surface area contributed by atoms with Gasteiger partial charge in [0.15, 0.2) is 24.1 Å². The van der Waals surface area contributed by atoms with E-state index in [0.717, 1.165) is 0 Å². The second-order valence-corrected chi connectivity index (χ2v) is 13.5. The molecule has 22 N–H and O–H groups in total. The first-order valence-electron chi connectivity index (χ1n) is 16.6. The topological polar surface area (TPSA) is 408 Å². The van der Waals surface area contributed by atoms with Gasteiger partial charge in [-0.1, -0.05) is 0 Å². The summed E-state index contributed by atoms with van der Waals surface area (Å²) in [4.78, 5) is 17.0. The van der Waals surface area contributed by atoms with E-state index in [0.29, 0.717) is 19.4 Å². The first kappa shape index (κ1) is 40.8. The zero-order chi connectivity index (χ0) is 37.1. The fraction of sp³-hybridized carbons (Fsp3) is 0.929. The van der Waals surface area contributed by atoms with Crippen LogP contribution >= 0.6 is 0 Å². The summed E-state index contributed by atoms with van der Waals surface area (Å²) in [5.74, 6) is -1.25. The minimum atomic E-state index is -1.98. The van der Waals surface area contributed by atoms with Crippen LogP contribution in [0.3, 0.4) is 0 Å². The number of hydrogen-bond donors (Lipinski definition) is 16. The van der Waals surface area contributed by atoms with E-state index in [9.17, 15) is 45.6 Å². The number of aliphatic hydroxyl groups excluding tert-OH is 7. The molecule has 2 saturated carbocycles. The van der Waals surface area contributed by atoms with Crippen LogP contribution in [-0.2, 0) is 23.7 Å². The van der Waals surface area contributed by atoms with E-state index in [-0.39, 0.29) is 31.9 Å². The number of hydrogen-bond acceptors (Lipinski definition) is 19. The summed E-state index contributed by atoms with van der Waals surface area (Å²) in [6, 6.07) is -5.83. The maximum atomic E-state index is 13.2. The maximum Gasteiger partial charge on any atom is 0.254 e. The minimum absolute atomic E-state index is 0.0254. The second-order valence-electron chi connectivity index (χ2n) is 13.5. The van der Waals surface area contributed by atoms with Gasteiger partial charge < -0.3 is 105 Å². The van der Waals surface area contributed by atoms with E-state index in [2.05, 4.69) is 15.6 Å². The lowest BCUT2D eigenvalue weighted by Gasteiger charge is -2.49. The molecule has 2 heterocycles. The Kier molecular flexibility index (Phi) is 14.1. The van der Waals surface area contributed by atoms with Crippen molar-refractivity contribution in [2.75, 3.05) is 26.2 Å². The van der Waals surface area contributed by atoms with Gasteiger partial charge in [-0.25, -0.2) is 4.99 Å². The number of carbonyl (C=O) groups is 1. The van der Waals surface area contributed by atoms with Crippen LogP contribution in [0.4, 0.5) is 0 Å². The molecular formula is C28H55N9O13. The Morgan fingerprint density at radius 1 is 0.920 bits per heavy atom. The van der Waals surface area contributed by atoms with Crippen molar-refractivity contribution >= 4 is 11.9 Å². The minimum Gasteiger partial charge on any atom is -0.394 e. The average molecular weight is 726 g/mol. The molecule has 2 saturated heterocycles. The van der Waals surface area contributed by atoms with Crippen molar-refractivity contribution < 1.29 is 64.6 Å². The molecule has 0 radical (unpaired) electrons. The van der Waals surface area contributed by atoms with Gasteiger partial charge in [0.05, 0.1) is 36.9 Å². The molecule has 0 aromatic carbocycles. The summed E-state index contributed by atoms with van der Waals surface area (Å²) in [5, 5.41) is 90.3. The molecule has 50 heavy (non-hydrogen) atoms. The van der Waals surface area contributed by atoms with E-state index < -0.39 is 122 Å². The molecule has 4 fully saturated rings. The third-order valence-corrected chi connectivity index (χ3v) is 9.66. The molecule has 0 bridgehead atoms. The lowest BCUT2D eigenvalue weighted by atomic mass is 9.83. The summed E-state index contributed by atoms with van der Waals surface area (Å²) >= 11 is 0. The van der Waals surface area contributed by atoms with Crippen LogP contribution in [0, 0.1) is 0 Å². The third kappa shape index (κ3) is 9.16. The molecule has 2 aliphatic heterocycles. The van der Waals surface area contributed by atoms with Crippen molar-refractivity contribution in [1.29, 1.82) is 0 Å². The highest BCUT2D eigenvalue weighted by atomic mass is 16.7. The maximum absolute atomic E-state index is 13.2. The van der Waals surface area contributed by atoms with Gasteiger partial charge in [-0.2, -0.15) is 0 Å². The lowest BCUT2D eigenvalue weighted by molar-refractivity contribution is -0.320. The van der Waals surface area contributed by atoms with Crippen molar-refractivity contribution in [3.8, 4) is 0 Å². The first-order valence-corrected chi connectivity index (χ1v) is 16.6. The van der Waals surface area contributed by atoms with Crippen molar-refractivity contribution in [2.45, 2.75) is 135 Å². The van der Waals surface area contributed by atoms with Gasteiger partial charge in [-0.05, 0) is 25.8 Å². The number of carbonyl (C=O) groups excluding carboxylic acids is 1. The lowest BCUT2D eigenvalue weighted by Crippen LogP contribution is -2.70. The number of guanidine groups is 1. The van der Waals surface area contributed by atoms with E-state index in [4.69, 9.17) is 53.3 Å². The highest BCUT2D eigenvalue weighted by Crippen LogP contribution is 2.40. The molecule has 4 aliphatic rings. The highest BCUT2D eigenvalue weighted by Gasteiger charge is 2.61. The Bertz CT molecular complexity index is 1140. The molecule has 22 heteroatoms. The standard InChI is InChI=1S/C28H55N9O13/c29-3-1-2-9(39)6-35-7-12-18(41)19(42)16(32)24(47-12)49-22-10(30)4-11(36-26(45)28(46)5-14(28)37-27(33)34)23(21(22)44)50-25-20(43)15(31)17(40)13(8-38)48-25/h9-25,35,38-44,46H,1-8,29-32H2,(H,36,45)(H4,33,34,37)/t9?,10-,11+,12+,13+,14?,15-,16+,17+,18+,19+,20+,21-,22?,23-,24+,25+,28?/m0/s1. The molecule has 1 amide bonds. The zero-order valence-electron chi connectivity index (χ0n) is 27.5. The van der Waals surface area contributed by atoms with Gasteiger partial charge in [-0.15, -0.1) is 0 Å². The average Bonchev–Trinajstić information content (AvgIpc) is 3.73. The molecule has 2 aliphatic carbocycles. The van der Waals surface area contributed by atoms with Crippen molar-refractivity contribution in [3.63, 3.8) is 0 Å². The molecule has 18 atom stereocenters. The van der Waals surface area contributed by atoms with E-state index >= 15 is 0 Å². The van der Waals surface area contributed by atoms with E-state index in [1.807, 2.05) is 0 Å². The Morgan fingerprint density at radius 3 is 2.22 bits per heavy atom. The predicted molar refractivity (Wildman–Crippen MR) is 171 cm³/mol. The van der Waals surface area contributed by atoms with Crippen LogP contribution in [-0.4, -0.2) is 188 Å². The molecular weight excluding hydrogens is 670 g/mol. The molecule has 4 rings (SSSR count). The van der Waals surface area contributed by atoms with Crippen molar-refractivity contribution in [2.24, 2.45) is 39.4 Å². The number of amides is 1. The fourth-order valence-electron chi connectivity index (χ4n) is 6.47. The summed E-state index contributed by atoms with van der Waals surface area (Å²) in [6.45, 7) is -0.164. The fourth-order valence-corrected chi connectivity index (χ4v) is 6.47. The monoisotopic (exact) mass is 725 g/mol. The van der Waals surface area contributed by atoms with Crippen molar-refractivity contribution in [3.05, 3.63) is 0 Å².